The van der Waals surface area contributed by atoms with Gasteiger partial charge in [0.1, 0.15) is 19.3 Å². The summed E-state index contributed by atoms with van der Waals surface area (Å²) >= 11 is 0. The zero-order valence-corrected chi connectivity index (χ0v) is 70.8. The van der Waals surface area contributed by atoms with E-state index >= 15 is 0 Å². The van der Waals surface area contributed by atoms with E-state index in [-0.39, 0.29) is 25.7 Å². The summed E-state index contributed by atoms with van der Waals surface area (Å²) in [4.78, 5) is 73.2. The van der Waals surface area contributed by atoms with Crippen molar-refractivity contribution in [1.82, 2.24) is 0 Å². The normalized spacial score (nSPS) is 14.1. The highest BCUT2D eigenvalue weighted by atomic mass is 31.2. The SMILES string of the molecule is CCCCCCCCCCCCCCCCCCCCCCC(=O)O[C@H](COC(=O)CCCCCCCCCCCCCCCCCCCCC)COP(=O)(O)OC[C@@H](O)COP(=O)(O)OC[C@@H](COC(=O)CCCCCCCCCCCC(C)C)OC(=O)CCCCCCCCCCCCC(C)CC. The maximum atomic E-state index is 13.2. The molecule has 0 aromatic heterocycles. The fraction of sp³-hybridized carbons (Fsp3) is 0.953. The molecule has 17 nitrogen and oxygen atoms in total. The highest BCUT2D eigenvalue weighted by Gasteiger charge is 2.30. The lowest BCUT2D eigenvalue weighted by atomic mass is 9.99. The molecule has 0 aromatic carbocycles. The number of phosphoric ester groups is 2. The van der Waals surface area contributed by atoms with Gasteiger partial charge < -0.3 is 33.8 Å². The second-order valence-corrected chi connectivity index (χ2v) is 34.6. The zero-order valence-electron chi connectivity index (χ0n) is 69.0. The standard InChI is InChI=1S/C86H168O17P2/c1-7-10-12-14-16-18-20-22-24-26-28-30-32-34-36-38-45-52-58-64-70-85(90)102-81(74-96-83(88)68-62-56-50-44-37-35-33-31-29-27-25-23-21-19-17-15-13-11-8-2)76-100-104(92,93)98-72-80(87)73-99-105(94,95)101-77-82(75-97-84(89)69-63-57-51-47-41-42-48-54-60-66-78(4)5)103-86(91)71-65-59-53-46-40-39-43-49-55-61-67-79(6)9-3/h78-82,87H,7-77H2,1-6H3,(H,92,93)(H,94,95)/t79?,80-,81-,82-/m1/s1. The van der Waals surface area contributed by atoms with Gasteiger partial charge in [-0.3, -0.25) is 37.3 Å². The van der Waals surface area contributed by atoms with Crippen LogP contribution in [0, 0.1) is 11.8 Å². The average Bonchev–Trinajstić information content (AvgIpc) is 0.909. The Morgan fingerprint density at radius 2 is 0.486 bits per heavy atom. The van der Waals surface area contributed by atoms with Crippen molar-refractivity contribution in [3.8, 4) is 0 Å². The molecule has 0 saturated carbocycles. The van der Waals surface area contributed by atoms with Gasteiger partial charge in [0.2, 0.25) is 0 Å². The van der Waals surface area contributed by atoms with Gasteiger partial charge in [-0.1, -0.05) is 408 Å². The van der Waals surface area contributed by atoms with Crippen molar-refractivity contribution in [3.05, 3.63) is 0 Å². The minimum atomic E-state index is -4.97. The van der Waals surface area contributed by atoms with Crippen LogP contribution in [0.1, 0.15) is 459 Å². The third kappa shape index (κ3) is 78.5. The Balaban J connectivity index is 5.25. The number of phosphoric acid groups is 2. The Morgan fingerprint density at radius 3 is 0.724 bits per heavy atom. The Morgan fingerprint density at radius 1 is 0.276 bits per heavy atom. The summed E-state index contributed by atoms with van der Waals surface area (Å²) < 4.78 is 68.9. The van der Waals surface area contributed by atoms with Crippen LogP contribution in [-0.2, 0) is 65.4 Å². The first-order chi connectivity index (χ1) is 50.9. The molecular weight excluding hydrogens is 1370 g/mol. The van der Waals surface area contributed by atoms with Crippen molar-refractivity contribution < 1.29 is 80.2 Å². The lowest BCUT2D eigenvalue weighted by molar-refractivity contribution is -0.161. The molecule has 0 rings (SSSR count). The van der Waals surface area contributed by atoms with Gasteiger partial charge in [0.15, 0.2) is 12.2 Å². The summed E-state index contributed by atoms with van der Waals surface area (Å²) in [5.41, 5.74) is 0. The highest BCUT2D eigenvalue weighted by molar-refractivity contribution is 7.47. The van der Waals surface area contributed by atoms with Crippen LogP contribution in [-0.4, -0.2) is 96.7 Å². The van der Waals surface area contributed by atoms with E-state index in [1.54, 1.807) is 0 Å². The number of hydrogen-bond donors (Lipinski definition) is 3. The van der Waals surface area contributed by atoms with E-state index in [1.165, 1.54) is 276 Å². The number of carbonyl (C=O) groups is 4. The molecule has 0 amide bonds. The monoisotopic (exact) mass is 1540 g/mol. The summed E-state index contributed by atoms with van der Waals surface area (Å²) in [6, 6.07) is 0. The second kappa shape index (κ2) is 77.4. The molecule has 3 N–H and O–H groups in total. The second-order valence-electron chi connectivity index (χ2n) is 31.6. The van der Waals surface area contributed by atoms with Crippen LogP contribution in [0.2, 0.25) is 0 Å². The number of hydrogen-bond acceptors (Lipinski definition) is 15. The van der Waals surface area contributed by atoms with E-state index in [0.717, 1.165) is 102 Å². The Kier molecular flexibility index (Phi) is 76.0. The van der Waals surface area contributed by atoms with Crippen LogP contribution in [0.3, 0.4) is 0 Å². The molecular formula is C86H168O17P2. The molecule has 0 saturated heterocycles. The Labute approximate surface area is 645 Å². The van der Waals surface area contributed by atoms with Gasteiger partial charge in [0.05, 0.1) is 26.4 Å². The molecule has 0 aliphatic rings. The molecule has 3 unspecified atom stereocenters. The summed E-state index contributed by atoms with van der Waals surface area (Å²) in [5, 5.41) is 10.7. The molecule has 6 atom stereocenters. The number of unbranched alkanes of at least 4 members (excludes halogenated alkanes) is 54. The van der Waals surface area contributed by atoms with Crippen LogP contribution < -0.4 is 0 Å². The van der Waals surface area contributed by atoms with E-state index in [4.69, 9.17) is 37.0 Å². The van der Waals surface area contributed by atoms with Crippen LogP contribution >= 0.6 is 15.6 Å². The summed E-state index contributed by atoms with van der Waals surface area (Å²) in [5.74, 6) is -0.556. The molecule has 105 heavy (non-hydrogen) atoms. The van der Waals surface area contributed by atoms with Crippen molar-refractivity contribution in [2.24, 2.45) is 11.8 Å². The van der Waals surface area contributed by atoms with Crippen LogP contribution in [0.5, 0.6) is 0 Å². The van der Waals surface area contributed by atoms with Crippen molar-refractivity contribution >= 4 is 39.5 Å². The smallest absolute Gasteiger partial charge is 0.462 e. The molecule has 0 aromatic rings. The number of carbonyl (C=O) groups excluding carboxylic acids is 4. The van der Waals surface area contributed by atoms with Crippen molar-refractivity contribution in [2.45, 2.75) is 477 Å². The summed E-state index contributed by atoms with van der Waals surface area (Å²) in [6.07, 6.45) is 69.4. The van der Waals surface area contributed by atoms with Gasteiger partial charge in [-0.15, -0.1) is 0 Å². The lowest BCUT2D eigenvalue weighted by Crippen LogP contribution is -2.30. The van der Waals surface area contributed by atoms with Crippen molar-refractivity contribution in [2.75, 3.05) is 39.6 Å². The Bertz CT molecular complexity index is 2010. The van der Waals surface area contributed by atoms with Crippen molar-refractivity contribution in [3.63, 3.8) is 0 Å². The third-order valence-corrected chi connectivity index (χ3v) is 22.5. The topological polar surface area (TPSA) is 237 Å². The van der Waals surface area contributed by atoms with Crippen molar-refractivity contribution in [1.29, 1.82) is 0 Å². The molecule has 624 valence electrons. The van der Waals surface area contributed by atoms with Gasteiger partial charge in [-0.25, -0.2) is 9.13 Å². The molecule has 0 bridgehead atoms. The molecule has 0 heterocycles. The first-order valence-corrected chi connectivity index (χ1v) is 47.5. The molecule has 0 aliphatic carbocycles. The Hall–Kier alpha value is -1.94. The summed E-state index contributed by atoms with van der Waals surface area (Å²) in [7, 11) is -9.93. The van der Waals surface area contributed by atoms with E-state index in [2.05, 4.69) is 41.5 Å². The first kappa shape index (κ1) is 103. The third-order valence-electron chi connectivity index (χ3n) is 20.6. The zero-order chi connectivity index (χ0) is 77.1. The van der Waals surface area contributed by atoms with Gasteiger partial charge in [-0.05, 0) is 37.5 Å². The largest absolute Gasteiger partial charge is 0.472 e. The quantitative estimate of drug-likeness (QED) is 0.0222. The number of esters is 4. The van der Waals surface area contributed by atoms with E-state index < -0.39 is 97.5 Å². The predicted octanol–water partition coefficient (Wildman–Crippen LogP) is 26.2. The number of aliphatic hydroxyl groups excluding tert-OH is 1. The molecule has 0 radical (unpaired) electrons. The fourth-order valence-corrected chi connectivity index (χ4v) is 15.0. The maximum absolute atomic E-state index is 13.2. The van der Waals surface area contributed by atoms with Gasteiger partial charge in [0, 0.05) is 25.7 Å². The predicted molar refractivity (Wildman–Crippen MR) is 432 cm³/mol. The highest BCUT2D eigenvalue weighted by Crippen LogP contribution is 2.45. The van der Waals surface area contributed by atoms with Crippen LogP contribution in [0.4, 0.5) is 0 Å². The number of rotatable bonds is 85. The van der Waals surface area contributed by atoms with Gasteiger partial charge >= 0.3 is 39.5 Å². The van der Waals surface area contributed by atoms with Gasteiger partial charge in [-0.2, -0.15) is 0 Å². The maximum Gasteiger partial charge on any atom is 0.472 e. The van der Waals surface area contributed by atoms with Gasteiger partial charge in [0.25, 0.3) is 0 Å². The lowest BCUT2D eigenvalue weighted by Gasteiger charge is -2.21. The van der Waals surface area contributed by atoms with Crippen LogP contribution in [0.25, 0.3) is 0 Å². The molecule has 0 spiro atoms. The molecule has 0 aliphatic heterocycles. The minimum Gasteiger partial charge on any atom is -0.462 e. The van der Waals surface area contributed by atoms with Crippen LogP contribution in [0.15, 0.2) is 0 Å². The fourth-order valence-electron chi connectivity index (χ4n) is 13.4. The van der Waals surface area contributed by atoms with E-state index in [9.17, 15) is 43.2 Å². The van der Waals surface area contributed by atoms with E-state index in [0.29, 0.717) is 25.7 Å². The minimum absolute atomic E-state index is 0.106. The first-order valence-electron chi connectivity index (χ1n) is 44.5. The van der Waals surface area contributed by atoms with E-state index in [1.807, 2.05) is 0 Å². The molecule has 19 heteroatoms. The molecule has 0 fully saturated rings. The average molecular weight is 1540 g/mol. The number of aliphatic hydroxyl groups is 1. The number of ether oxygens (including phenoxy) is 4. The summed E-state index contributed by atoms with van der Waals surface area (Å²) in [6.45, 7) is 9.67.